The summed E-state index contributed by atoms with van der Waals surface area (Å²) in [5.41, 5.74) is 4.15. The van der Waals surface area contributed by atoms with Crippen LogP contribution in [0.1, 0.15) is 54.5 Å². The summed E-state index contributed by atoms with van der Waals surface area (Å²) >= 11 is 5.91. The largest absolute Gasteiger partial charge is 0.496 e. The number of nitrogens with zero attached hydrogens (tertiary/aromatic N) is 3. The highest BCUT2D eigenvalue weighted by atomic mass is 35.5. The fourth-order valence-electron chi connectivity index (χ4n) is 8.95. The van der Waals surface area contributed by atoms with Gasteiger partial charge in [0.25, 0.3) is 5.09 Å². The Morgan fingerprint density at radius 3 is 2.45 bits per heavy atom. The molecule has 0 aromatic heterocycles. The molecular formula is C45H51ClF2N3O8P. The molecule has 2 saturated heterocycles. The van der Waals surface area contributed by atoms with Crippen molar-refractivity contribution in [3.63, 3.8) is 0 Å². The summed E-state index contributed by atoms with van der Waals surface area (Å²) in [4.78, 5) is 48.1. The molecule has 0 aliphatic carbocycles. The van der Waals surface area contributed by atoms with Crippen molar-refractivity contribution in [1.82, 2.24) is 9.80 Å². The molecule has 2 amide bonds. The molecule has 2 aliphatic heterocycles. The molecule has 15 heteroatoms. The van der Waals surface area contributed by atoms with Crippen LogP contribution in [0.2, 0.25) is 5.02 Å². The Labute approximate surface area is 355 Å². The number of rotatable bonds is 18. The van der Waals surface area contributed by atoms with Gasteiger partial charge < -0.3 is 23.9 Å². The van der Waals surface area contributed by atoms with E-state index >= 15 is 0 Å². The summed E-state index contributed by atoms with van der Waals surface area (Å²) in [5.74, 6) is -1.38. The van der Waals surface area contributed by atoms with Crippen LogP contribution >= 0.6 is 19.5 Å². The van der Waals surface area contributed by atoms with Gasteiger partial charge in [-0.3, -0.25) is 9.69 Å². The van der Waals surface area contributed by atoms with E-state index in [-0.39, 0.29) is 41.7 Å². The van der Waals surface area contributed by atoms with Gasteiger partial charge in [-0.05, 0) is 110 Å². The minimum atomic E-state index is -0.873. The van der Waals surface area contributed by atoms with Gasteiger partial charge in [0, 0.05) is 24.5 Å². The molecule has 5 unspecified atom stereocenters. The Morgan fingerprint density at radius 1 is 1.03 bits per heavy atom. The molecule has 320 valence electrons. The van der Waals surface area contributed by atoms with Crippen molar-refractivity contribution in [3.05, 3.63) is 133 Å². The Bertz CT molecular complexity index is 2180. The molecule has 6 rings (SSSR count). The number of fused-ring (bicyclic) bond motifs is 1. The number of carbonyl (C=O) groups excluding carboxylic acids is 2. The highest BCUT2D eigenvalue weighted by Crippen LogP contribution is 2.63. The van der Waals surface area contributed by atoms with Gasteiger partial charge in [-0.1, -0.05) is 74.0 Å². The average molecular weight is 866 g/mol. The third kappa shape index (κ3) is 9.95. The van der Waals surface area contributed by atoms with E-state index < -0.39 is 48.1 Å². The smallest absolute Gasteiger partial charge is 0.415 e. The highest BCUT2D eigenvalue weighted by Gasteiger charge is 2.68. The molecule has 4 aromatic carbocycles. The minimum Gasteiger partial charge on any atom is -0.496 e. The van der Waals surface area contributed by atoms with E-state index in [2.05, 4.69) is 23.6 Å². The number of hydrogen-bond donors (Lipinski definition) is 0. The lowest BCUT2D eigenvalue weighted by Crippen LogP contribution is -2.76. The van der Waals surface area contributed by atoms with Crippen LogP contribution in [0.4, 0.5) is 13.6 Å². The fraction of sp³-hybridized carbons (Fsp3) is 0.422. The van der Waals surface area contributed by atoms with Crippen LogP contribution in [0.25, 0.3) is 0 Å². The molecule has 2 fully saturated rings. The summed E-state index contributed by atoms with van der Waals surface area (Å²) in [6.07, 6.45) is 3.69. The number of ether oxygens (including phenoxy) is 3. The monoisotopic (exact) mass is 865 g/mol. The molecule has 0 spiro atoms. The normalized spacial score (nSPS) is 19.8. The molecular weight excluding hydrogens is 815 g/mol. The summed E-state index contributed by atoms with van der Waals surface area (Å²) < 4.78 is 45.0. The van der Waals surface area contributed by atoms with Crippen molar-refractivity contribution < 1.29 is 42.5 Å². The van der Waals surface area contributed by atoms with E-state index in [4.69, 9.17) is 25.8 Å². The third-order valence-electron chi connectivity index (χ3n) is 11.5. The van der Waals surface area contributed by atoms with Crippen molar-refractivity contribution in [2.24, 2.45) is 11.3 Å². The summed E-state index contributed by atoms with van der Waals surface area (Å²) in [7, 11) is 1.15. The van der Waals surface area contributed by atoms with E-state index in [0.29, 0.717) is 37.9 Å². The molecule has 0 radical (unpaired) electrons. The third-order valence-corrected chi connectivity index (χ3v) is 14.0. The van der Waals surface area contributed by atoms with Crippen LogP contribution in [0.5, 0.6) is 17.2 Å². The molecule has 5 atom stereocenters. The molecule has 0 bridgehead atoms. The van der Waals surface area contributed by atoms with Gasteiger partial charge in [-0.25, -0.2) is 13.6 Å². The number of amides is 2. The van der Waals surface area contributed by atoms with E-state index in [1.165, 1.54) is 0 Å². The first-order valence-corrected chi connectivity index (χ1v) is 22.6. The van der Waals surface area contributed by atoms with E-state index in [1.807, 2.05) is 56.0 Å². The van der Waals surface area contributed by atoms with Gasteiger partial charge in [0.05, 0.1) is 25.7 Å². The van der Waals surface area contributed by atoms with Crippen molar-refractivity contribution in [2.45, 2.75) is 71.7 Å². The molecule has 4 aromatic rings. The van der Waals surface area contributed by atoms with Crippen molar-refractivity contribution >= 4 is 31.5 Å². The second-order valence-corrected chi connectivity index (χ2v) is 18.6. The van der Waals surface area contributed by atoms with Gasteiger partial charge in [0.15, 0.2) is 11.6 Å². The molecule has 2 aliphatic rings. The Morgan fingerprint density at radius 2 is 1.75 bits per heavy atom. The minimum absolute atomic E-state index is 0.0471. The summed E-state index contributed by atoms with van der Waals surface area (Å²) in [6.45, 7) is 8.98. The van der Waals surface area contributed by atoms with Gasteiger partial charge in [-0.15, -0.1) is 18.0 Å². The maximum atomic E-state index is 14.8. The first-order chi connectivity index (χ1) is 28.7. The van der Waals surface area contributed by atoms with E-state index in [1.54, 1.807) is 36.3 Å². The number of carbonyl (C=O) groups is 2. The van der Waals surface area contributed by atoms with Crippen LogP contribution < -0.4 is 14.2 Å². The SMILES string of the molecule is CCCN(Cc1ccc(OC)c(C)c1)C(=O)C(C)C1N(C(=O)Oc2cccc(CO[N+](=O)[O-])c2)C2CP(C)CC21Cc1ccc(CCCOc2c(F)ccc(F)c2Cl)cc1. The second kappa shape index (κ2) is 19.6. The van der Waals surface area contributed by atoms with E-state index in [9.17, 15) is 28.5 Å². The quantitative estimate of drug-likeness (QED) is 0.0319. The first kappa shape index (κ1) is 44.5. The van der Waals surface area contributed by atoms with Crippen molar-refractivity contribution in [3.8, 4) is 17.2 Å². The van der Waals surface area contributed by atoms with Crippen molar-refractivity contribution in [1.29, 1.82) is 0 Å². The Kier molecular flexibility index (Phi) is 14.5. The van der Waals surface area contributed by atoms with Gasteiger partial charge >= 0.3 is 6.09 Å². The zero-order valence-electron chi connectivity index (χ0n) is 34.5. The number of hydrogen-bond acceptors (Lipinski definition) is 8. The van der Waals surface area contributed by atoms with Gasteiger partial charge in [-0.2, -0.15) is 0 Å². The zero-order valence-corrected chi connectivity index (χ0v) is 36.1. The lowest BCUT2D eigenvalue weighted by Gasteiger charge is -2.62. The highest BCUT2D eigenvalue weighted by molar-refractivity contribution is 7.57. The standard InChI is InChI=1S/C45H51ClF2N3O8P/c1-6-20-49(25-33-16-19-38(56-4)29(2)22-33)43(52)30(3)42-45(24-32-14-12-31(13-15-32)10-8-21-57-41-37(48)18-17-36(47)40(41)46)28-60(5)27-39(45)50(42)44(53)59-35-11-7-9-34(23-35)26-58-51(54)55/h7,9,11-19,22-23,30,39,42H,6,8,10,20-21,24-28H2,1-5H3. The maximum Gasteiger partial charge on any atom is 0.415 e. The average Bonchev–Trinajstić information content (AvgIpc) is 3.48. The molecule has 11 nitrogen and oxygen atoms in total. The maximum absolute atomic E-state index is 14.8. The predicted molar refractivity (Wildman–Crippen MR) is 227 cm³/mol. The molecule has 0 N–H and O–H groups in total. The summed E-state index contributed by atoms with van der Waals surface area (Å²) in [5, 5.41) is 9.57. The Balaban J connectivity index is 1.24. The van der Waals surface area contributed by atoms with Gasteiger partial charge in [0.1, 0.15) is 28.9 Å². The lowest BCUT2D eigenvalue weighted by atomic mass is 9.59. The number of halogens is 3. The Hall–Kier alpha value is -5.00. The number of likely N-dealkylation sites (tertiary alicyclic amines) is 1. The van der Waals surface area contributed by atoms with Crippen LogP contribution in [0, 0.1) is 40.0 Å². The molecule has 0 saturated carbocycles. The number of aryl methyl sites for hydroxylation is 2. The zero-order chi connectivity index (χ0) is 43.1. The van der Waals surface area contributed by atoms with Crippen LogP contribution in [-0.2, 0) is 35.6 Å². The van der Waals surface area contributed by atoms with E-state index in [0.717, 1.165) is 58.9 Å². The topological polar surface area (TPSA) is 121 Å². The van der Waals surface area contributed by atoms with Gasteiger partial charge in [0.2, 0.25) is 5.91 Å². The fourth-order valence-corrected chi connectivity index (χ4v) is 11.9. The second-order valence-electron chi connectivity index (χ2n) is 15.8. The van der Waals surface area contributed by atoms with Crippen LogP contribution in [0.3, 0.4) is 0 Å². The molecule has 2 heterocycles. The summed E-state index contributed by atoms with van der Waals surface area (Å²) in [6, 6.07) is 21.9. The number of benzene rings is 4. The lowest BCUT2D eigenvalue weighted by molar-refractivity contribution is -0.763. The predicted octanol–water partition coefficient (Wildman–Crippen LogP) is 9.64. The molecule has 60 heavy (non-hydrogen) atoms. The first-order valence-electron chi connectivity index (χ1n) is 20.1. The van der Waals surface area contributed by atoms with Crippen LogP contribution in [0.15, 0.2) is 78.9 Å². The number of methoxy groups -OCH3 is 1. The van der Waals surface area contributed by atoms with Crippen molar-refractivity contribution in [2.75, 3.05) is 39.3 Å². The van der Waals surface area contributed by atoms with Crippen LogP contribution in [-0.4, -0.2) is 78.2 Å².